The van der Waals surface area contributed by atoms with Gasteiger partial charge in [0.15, 0.2) is 6.10 Å². The van der Waals surface area contributed by atoms with E-state index in [2.05, 4.69) is 6.92 Å². The number of carbonyl (C=O) groups excluding carboxylic acids is 1. The van der Waals surface area contributed by atoms with Gasteiger partial charge >= 0.3 is 5.97 Å². The molecule has 0 amide bonds. The zero-order valence-electron chi connectivity index (χ0n) is 9.32. The van der Waals surface area contributed by atoms with E-state index in [1.807, 2.05) is 0 Å². The van der Waals surface area contributed by atoms with E-state index in [9.17, 15) is 4.79 Å². The van der Waals surface area contributed by atoms with Crippen molar-refractivity contribution < 1.29 is 19.0 Å². The molecule has 2 aliphatic rings. The Morgan fingerprint density at radius 1 is 1.60 bits per heavy atom. The lowest BCUT2D eigenvalue weighted by atomic mass is 9.90. The van der Waals surface area contributed by atoms with Crippen LogP contribution in [0, 0.1) is 0 Å². The maximum absolute atomic E-state index is 11.3. The molecule has 15 heavy (non-hydrogen) atoms. The number of ether oxygens (including phenoxy) is 3. The first-order chi connectivity index (χ1) is 7.22. The molecule has 2 saturated heterocycles. The zero-order chi connectivity index (χ0) is 10.9. The lowest BCUT2D eigenvalue weighted by Gasteiger charge is -2.27. The van der Waals surface area contributed by atoms with Gasteiger partial charge in [-0.15, -0.1) is 0 Å². The molecule has 1 spiro atoms. The van der Waals surface area contributed by atoms with Gasteiger partial charge in [0, 0.05) is 19.4 Å². The molecule has 0 aromatic rings. The van der Waals surface area contributed by atoms with E-state index in [-0.39, 0.29) is 23.8 Å². The highest BCUT2D eigenvalue weighted by Crippen LogP contribution is 2.47. The molecule has 2 heterocycles. The summed E-state index contributed by atoms with van der Waals surface area (Å²) in [6, 6.07) is 0. The van der Waals surface area contributed by atoms with Crippen LogP contribution in [0.2, 0.25) is 0 Å². The van der Waals surface area contributed by atoms with Crippen molar-refractivity contribution in [3.05, 3.63) is 0 Å². The van der Waals surface area contributed by atoms with Gasteiger partial charge < -0.3 is 14.2 Å². The van der Waals surface area contributed by atoms with Crippen LogP contribution in [-0.2, 0) is 19.0 Å². The van der Waals surface area contributed by atoms with E-state index in [1.54, 1.807) is 0 Å². The zero-order valence-corrected chi connectivity index (χ0v) is 9.32. The number of hydrogen-bond donors (Lipinski definition) is 0. The summed E-state index contributed by atoms with van der Waals surface area (Å²) >= 11 is 0. The summed E-state index contributed by atoms with van der Waals surface area (Å²) in [5.41, 5.74) is -0.259. The SMILES string of the molecule is CCCC1CC2(CCO1)OC2C(=O)OC. The largest absolute Gasteiger partial charge is 0.467 e. The van der Waals surface area contributed by atoms with Crippen molar-refractivity contribution in [3.63, 3.8) is 0 Å². The number of rotatable bonds is 3. The van der Waals surface area contributed by atoms with Crippen molar-refractivity contribution >= 4 is 5.97 Å². The minimum Gasteiger partial charge on any atom is -0.467 e. The molecule has 0 radical (unpaired) electrons. The summed E-state index contributed by atoms with van der Waals surface area (Å²) in [6.45, 7) is 2.83. The third-order valence-electron chi connectivity index (χ3n) is 3.25. The van der Waals surface area contributed by atoms with E-state index < -0.39 is 0 Å². The minimum absolute atomic E-state index is 0.243. The summed E-state index contributed by atoms with van der Waals surface area (Å²) in [7, 11) is 1.40. The smallest absolute Gasteiger partial charge is 0.338 e. The van der Waals surface area contributed by atoms with Crippen molar-refractivity contribution in [2.24, 2.45) is 0 Å². The van der Waals surface area contributed by atoms with Crippen LogP contribution in [0.25, 0.3) is 0 Å². The molecular weight excluding hydrogens is 196 g/mol. The van der Waals surface area contributed by atoms with E-state index in [1.165, 1.54) is 7.11 Å². The fourth-order valence-electron chi connectivity index (χ4n) is 2.37. The lowest BCUT2D eigenvalue weighted by molar-refractivity contribution is -0.142. The van der Waals surface area contributed by atoms with E-state index in [0.717, 1.165) is 25.7 Å². The van der Waals surface area contributed by atoms with Gasteiger partial charge in [0.1, 0.15) is 5.60 Å². The maximum atomic E-state index is 11.3. The van der Waals surface area contributed by atoms with Gasteiger partial charge in [0.25, 0.3) is 0 Å². The van der Waals surface area contributed by atoms with E-state index >= 15 is 0 Å². The maximum Gasteiger partial charge on any atom is 0.338 e. The van der Waals surface area contributed by atoms with Gasteiger partial charge in [-0.25, -0.2) is 4.79 Å². The number of esters is 1. The van der Waals surface area contributed by atoms with Crippen molar-refractivity contribution in [3.8, 4) is 0 Å². The Labute approximate surface area is 89.9 Å². The quantitative estimate of drug-likeness (QED) is 0.524. The highest BCUT2D eigenvalue weighted by atomic mass is 16.7. The van der Waals surface area contributed by atoms with Crippen LogP contribution in [0.3, 0.4) is 0 Å². The molecule has 0 bridgehead atoms. The predicted octanol–water partition coefficient (Wildman–Crippen LogP) is 1.28. The van der Waals surface area contributed by atoms with Crippen LogP contribution in [0.1, 0.15) is 32.6 Å². The van der Waals surface area contributed by atoms with Gasteiger partial charge in [-0.05, 0) is 6.42 Å². The Hall–Kier alpha value is -0.610. The molecule has 4 heteroatoms. The Morgan fingerprint density at radius 3 is 3.07 bits per heavy atom. The molecule has 3 atom stereocenters. The molecule has 0 aliphatic carbocycles. The average molecular weight is 214 g/mol. The third kappa shape index (κ3) is 2.01. The van der Waals surface area contributed by atoms with Gasteiger partial charge in [-0.1, -0.05) is 13.3 Å². The third-order valence-corrected chi connectivity index (χ3v) is 3.25. The summed E-state index contributed by atoms with van der Waals surface area (Å²) in [5, 5.41) is 0. The van der Waals surface area contributed by atoms with Crippen molar-refractivity contribution in [1.82, 2.24) is 0 Å². The van der Waals surface area contributed by atoms with Crippen LogP contribution >= 0.6 is 0 Å². The Morgan fingerprint density at radius 2 is 2.40 bits per heavy atom. The molecule has 0 aromatic carbocycles. The fourth-order valence-corrected chi connectivity index (χ4v) is 2.37. The molecule has 3 unspecified atom stereocenters. The second-order valence-corrected chi connectivity index (χ2v) is 4.32. The molecule has 2 fully saturated rings. The standard InChI is InChI=1S/C11H18O4/c1-3-4-8-7-11(5-6-14-8)9(15-11)10(12)13-2/h8-9H,3-7H2,1-2H3. The highest BCUT2D eigenvalue weighted by Gasteiger charge is 2.62. The number of carbonyl (C=O) groups is 1. The molecule has 2 rings (SSSR count). The van der Waals surface area contributed by atoms with Gasteiger partial charge in [-0.2, -0.15) is 0 Å². The molecule has 2 aliphatic heterocycles. The second kappa shape index (κ2) is 4.10. The van der Waals surface area contributed by atoms with Crippen LogP contribution < -0.4 is 0 Å². The Kier molecular flexibility index (Phi) is 2.98. The molecule has 0 N–H and O–H groups in total. The Bertz CT molecular complexity index is 251. The molecule has 86 valence electrons. The van der Waals surface area contributed by atoms with E-state index in [4.69, 9.17) is 14.2 Å². The van der Waals surface area contributed by atoms with Gasteiger partial charge in [0.05, 0.1) is 13.2 Å². The molecule has 0 saturated carbocycles. The number of hydrogen-bond acceptors (Lipinski definition) is 4. The molecule has 0 aromatic heterocycles. The number of epoxide rings is 1. The van der Waals surface area contributed by atoms with Gasteiger partial charge in [-0.3, -0.25) is 0 Å². The minimum atomic E-state index is -0.342. The van der Waals surface area contributed by atoms with Crippen LogP contribution in [0.15, 0.2) is 0 Å². The number of methoxy groups -OCH3 is 1. The summed E-state index contributed by atoms with van der Waals surface area (Å²) in [4.78, 5) is 11.3. The lowest BCUT2D eigenvalue weighted by Crippen LogP contribution is -2.35. The van der Waals surface area contributed by atoms with E-state index in [0.29, 0.717) is 6.61 Å². The first kappa shape index (κ1) is 10.9. The molecule has 4 nitrogen and oxygen atoms in total. The van der Waals surface area contributed by atoms with Crippen molar-refractivity contribution in [2.75, 3.05) is 13.7 Å². The summed E-state index contributed by atoms with van der Waals surface area (Å²) in [6.07, 6.45) is 3.69. The summed E-state index contributed by atoms with van der Waals surface area (Å²) in [5.74, 6) is -0.243. The predicted molar refractivity (Wildman–Crippen MR) is 53.5 cm³/mol. The highest BCUT2D eigenvalue weighted by molar-refractivity contribution is 5.79. The van der Waals surface area contributed by atoms with Crippen molar-refractivity contribution in [2.45, 2.75) is 50.4 Å². The first-order valence-electron chi connectivity index (χ1n) is 5.59. The Balaban J connectivity index is 1.91. The average Bonchev–Trinajstić information content (AvgIpc) is 2.91. The van der Waals surface area contributed by atoms with Crippen molar-refractivity contribution in [1.29, 1.82) is 0 Å². The first-order valence-corrected chi connectivity index (χ1v) is 5.59. The van der Waals surface area contributed by atoms with Crippen LogP contribution in [0.4, 0.5) is 0 Å². The topological polar surface area (TPSA) is 48.1 Å². The molecular formula is C11H18O4. The fraction of sp³-hybridized carbons (Fsp3) is 0.909. The normalized spacial score (nSPS) is 39.1. The monoisotopic (exact) mass is 214 g/mol. The second-order valence-electron chi connectivity index (χ2n) is 4.32. The van der Waals surface area contributed by atoms with Crippen LogP contribution in [-0.4, -0.2) is 37.5 Å². The van der Waals surface area contributed by atoms with Crippen LogP contribution in [0.5, 0.6) is 0 Å². The van der Waals surface area contributed by atoms with Gasteiger partial charge in [0.2, 0.25) is 0 Å². The summed E-state index contributed by atoms with van der Waals surface area (Å²) < 4.78 is 15.8.